The first kappa shape index (κ1) is 14.9. The van der Waals surface area contributed by atoms with Crippen molar-refractivity contribution in [2.75, 3.05) is 24.3 Å². The molecule has 0 aliphatic rings. The van der Waals surface area contributed by atoms with Crippen molar-refractivity contribution in [3.05, 3.63) is 54.1 Å². The Bertz CT molecular complexity index is 626. The lowest BCUT2D eigenvalue weighted by Gasteiger charge is -2.24. The van der Waals surface area contributed by atoms with E-state index in [0.717, 1.165) is 12.1 Å². The average molecular weight is 284 g/mol. The van der Waals surface area contributed by atoms with E-state index >= 15 is 0 Å². The molecule has 4 nitrogen and oxygen atoms in total. The fourth-order valence-corrected chi connectivity index (χ4v) is 2.20. The first-order valence-electron chi connectivity index (χ1n) is 6.97. The molecule has 0 saturated carbocycles. The zero-order chi connectivity index (χ0) is 15.2. The number of carbonyl (C=O) groups is 1. The minimum atomic E-state index is -0.0753. The summed E-state index contributed by atoms with van der Waals surface area (Å²) in [4.78, 5) is 14.5. The Balaban J connectivity index is 2.38. The number of anilines is 2. The molecular weight excluding hydrogens is 264 g/mol. The van der Waals surface area contributed by atoms with Gasteiger partial charge in [0.2, 0.25) is 0 Å². The van der Waals surface area contributed by atoms with Crippen molar-refractivity contribution in [1.29, 1.82) is 0 Å². The molecule has 2 aromatic rings. The summed E-state index contributed by atoms with van der Waals surface area (Å²) in [5, 5.41) is 0. The molecule has 2 aromatic carbocycles. The number of hydrogen-bond acceptors (Lipinski definition) is 3. The van der Waals surface area contributed by atoms with Gasteiger partial charge in [0.05, 0.1) is 18.5 Å². The second kappa shape index (κ2) is 6.79. The van der Waals surface area contributed by atoms with Crippen LogP contribution < -0.4 is 15.4 Å². The topological polar surface area (TPSA) is 55.6 Å². The Morgan fingerprint density at radius 2 is 1.95 bits per heavy atom. The summed E-state index contributed by atoms with van der Waals surface area (Å²) in [7, 11) is 1.59. The number of rotatable bonds is 5. The molecule has 2 rings (SSSR count). The average Bonchev–Trinajstić information content (AvgIpc) is 2.53. The highest BCUT2D eigenvalue weighted by atomic mass is 16.5. The van der Waals surface area contributed by atoms with Crippen molar-refractivity contribution in [3.8, 4) is 5.75 Å². The number of benzene rings is 2. The normalized spacial score (nSPS) is 10.2. The number of nitrogens with two attached hydrogens (primary N) is 1. The fourth-order valence-electron chi connectivity index (χ4n) is 2.20. The maximum Gasteiger partial charge on any atom is 0.258 e. The number of carbonyl (C=O) groups excluding carboxylic acids is 1. The van der Waals surface area contributed by atoms with Crippen LogP contribution in [0.2, 0.25) is 0 Å². The molecule has 0 aromatic heterocycles. The van der Waals surface area contributed by atoms with Crippen molar-refractivity contribution in [1.82, 2.24) is 0 Å². The van der Waals surface area contributed by atoms with Gasteiger partial charge < -0.3 is 15.4 Å². The van der Waals surface area contributed by atoms with Gasteiger partial charge in [0.25, 0.3) is 5.91 Å². The second-order valence-corrected chi connectivity index (χ2v) is 4.75. The molecule has 2 N–H and O–H groups in total. The van der Waals surface area contributed by atoms with Crippen LogP contribution in [0.1, 0.15) is 23.7 Å². The zero-order valence-electron chi connectivity index (χ0n) is 12.4. The van der Waals surface area contributed by atoms with E-state index in [2.05, 4.69) is 0 Å². The predicted octanol–water partition coefficient (Wildman–Crippen LogP) is 3.33. The third-order valence-corrected chi connectivity index (χ3v) is 3.24. The minimum absolute atomic E-state index is 0.0753. The fraction of sp³-hybridized carbons (Fsp3) is 0.235. The summed E-state index contributed by atoms with van der Waals surface area (Å²) in [5.41, 5.74) is 7.94. The van der Waals surface area contributed by atoms with Crippen molar-refractivity contribution < 1.29 is 9.53 Å². The Morgan fingerprint density at radius 1 is 1.19 bits per heavy atom. The molecule has 0 heterocycles. The van der Waals surface area contributed by atoms with Crippen LogP contribution in [0.15, 0.2) is 48.5 Å². The monoisotopic (exact) mass is 284 g/mol. The first-order valence-corrected chi connectivity index (χ1v) is 6.97. The number of ether oxygens (including phenoxy) is 1. The number of hydrogen-bond donors (Lipinski definition) is 1. The predicted molar refractivity (Wildman–Crippen MR) is 85.8 cm³/mol. The molecule has 0 aliphatic heterocycles. The lowest BCUT2D eigenvalue weighted by atomic mass is 10.1. The molecule has 0 radical (unpaired) electrons. The van der Waals surface area contributed by atoms with E-state index in [0.29, 0.717) is 23.5 Å². The van der Waals surface area contributed by atoms with Gasteiger partial charge >= 0.3 is 0 Å². The van der Waals surface area contributed by atoms with Gasteiger partial charge in [-0.25, -0.2) is 0 Å². The standard InChI is InChI=1S/C17H20N2O2/c1-3-11-19(16-10-5-4-9-15(16)18)17(20)13-7-6-8-14(12-13)21-2/h4-10,12H,3,11,18H2,1-2H3. The quantitative estimate of drug-likeness (QED) is 0.857. The molecule has 1 amide bonds. The van der Waals surface area contributed by atoms with Gasteiger partial charge in [-0.3, -0.25) is 4.79 Å². The zero-order valence-corrected chi connectivity index (χ0v) is 12.4. The van der Waals surface area contributed by atoms with Crippen LogP contribution in [0.5, 0.6) is 5.75 Å². The van der Waals surface area contributed by atoms with E-state index in [1.807, 2.05) is 37.3 Å². The highest BCUT2D eigenvalue weighted by Crippen LogP contribution is 2.25. The minimum Gasteiger partial charge on any atom is -0.497 e. The molecule has 0 fully saturated rings. The van der Waals surface area contributed by atoms with E-state index in [-0.39, 0.29) is 5.91 Å². The molecule has 0 spiro atoms. The summed E-state index contributed by atoms with van der Waals surface area (Å²) in [5.74, 6) is 0.590. The van der Waals surface area contributed by atoms with Gasteiger partial charge in [-0.1, -0.05) is 25.1 Å². The number of para-hydroxylation sites is 2. The van der Waals surface area contributed by atoms with Gasteiger partial charge in [-0.15, -0.1) is 0 Å². The van der Waals surface area contributed by atoms with Crippen LogP contribution in [0.4, 0.5) is 11.4 Å². The number of amides is 1. The largest absolute Gasteiger partial charge is 0.497 e. The molecule has 0 aliphatic carbocycles. The SMILES string of the molecule is CCCN(C(=O)c1cccc(OC)c1)c1ccccc1N. The third-order valence-electron chi connectivity index (χ3n) is 3.24. The van der Waals surface area contributed by atoms with Crippen LogP contribution in [0.3, 0.4) is 0 Å². The molecule has 0 unspecified atom stereocenters. The van der Waals surface area contributed by atoms with Crippen LogP contribution in [-0.2, 0) is 0 Å². The van der Waals surface area contributed by atoms with Gasteiger partial charge in [0.15, 0.2) is 0 Å². The molecular formula is C17H20N2O2. The van der Waals surface area contributed by atoms with Gasteiger partial charge in [-0.2, -0.15) is 0 Å². The maximum absolute atomic E-state index is 12.8. The van der Waals surface area contributed by atoms with E-state index in [1.165, 1.54) is 0 Å². The Hall–Kier alpha value is -2.49. The van der Waals surface area contributed by atoms with E-state index in [4.69, 9.17) is 10.5 Å². The maximum atomic E-state index is 12.8. The molecule has 0 atom stereocenters. The summed E-state index contributed by atoms with van der Waals surface area (Å²) < 4.78 is 5.18. The lowest BCUT2D eigenvalue weighted by Crippen LogP contribution is -2.32. The third kappa shape index (κ3) is 3.34. The van der Waals surface area contributed by atoms with E-state index in [9.17, 15) is 4.79 Å². The molecule has 0 saturated heterocycles. The van der Waals surface area contributed by atoms with Gasteiger partial charge in [0, 0.05) is 12.1 Å². The lowest BCUT2D eigenvalue weighted by molar-refractivity contribution is 0.0986. The number of methoxy groups -OCH3 is 1. The van der Waals surface area contributed by atoms with E-state index in [1.54, 1.807) is 30.2 Å². The Labute approximate surface area is 125 Å². The summed E-state index contributed by atoms with van der Waals surface area (Å²) in [6.45, 7) is 2.65. The van der Waals surface area contributed by atoms with Crippen LogP contribution in [-0.4, -0.2) is 19.6 Å². The molecule has 21 heavy (non-hydrogen) atoms. The van der Waals surface area contributed by atoms with Crippen LogP contribution in [0, 0.1) is 0 Å². The smallest absolute Gasteiger partial charge is 0.258 e. The summed E-state index contributed by atoms with van der Waals surface area (Å²) >= 11 is 0. The van der Waals surface area contributed by atoms with Crippen molar-refractivity contribution in [2.45, 2.75) is 13.3 Å². The first-order chi connectivity index (χ1) is 10.2. The second-order valence-electron chi connectivity index (χ2n) is 4.75. The molecule has 4 heteroatoms. The van der Waals surface area contributed by atoms with Gasteiger partial charge in [-0.05, 0) is 36.8 Å². The van der Waals surface area contributed by atoms with Crippen molar-refractivity contribution in [2.24, 2.45) is 0 Å². The Morgan fingerprint density at radius 3 is 2.62 bits per heavy atom. The Kier molecular flexibility index (Phi) is 4.82. The van der Waals surface area contributed by atoms with Crippen molar-refractivity contribution in [3.63, 3.8) is 0 Å². The summed E-state index contributed by atoms with van der Waals surface area (Å²) in [6, 6.07) is 14.6. The van der Waals surface area contributed by atoms with Crippen LogP contribution in [0.25, 0.3) is 0 Å². The summed E-state index contributed by atoms with van der Waals surface area (Å²) in [6.07, 6.45) is 0.851. The molecule has 110 valence electrons. The van der Waals surface area contributed by atoms with E-state index < -0.39 is 0 Å². The number of nitrogens with zero attached hydrogens (tertiary/aromatic N) is 1. The van der Waals surface area contributed by atoms with Crippen molar-refractivity contribution >= 4 is 17.3 Å². The molecule has 0 bridgehead atoms. The van der Waals surface area contributed by atoms with Gasteiger partial charge in [0.1, 0.15) is 5.75 Å². The highest BCUT2D eigenvalue weighted by Gasteiger charge is 2.19. The number of nitrogen functional groups attached to an aromatic ring is 1. The highest BCUT2D eigenvalue weighted by molar-refractivity contribution is 6.07. The van der Waals surface area contributed by atoms with Crippen LogP contribution >= 0.6 is 0 Å².